The number of hydrogen-bond donors (Lipinski definition) is 1. The molecule has 1 amide bonds. The van der Waals surface area contributed by atoms with Crippen molar-refractivity contribution in [1.29, 1.82) is 0 Å². The van der Waals surface area contributed by atoms with Crippen LogP contribution in [0.25, 0.3) is 0 Å². The van der Waals surface area contributed by atoms with E-state index in [0.717, 1.165) is 5.56 Å². The third-order valence-corrected chi connectivity index (χ3v) is 1.16. The number of rotatable bonds is 2. The van der Waals surface area contributed by atoms with Crippen molar-refractivity contribution in [3.63, 3.8) is 0 Å². The van der Waals surface area contributed by atoms with E-state index in [1.54, 1.807) is 0 Å². The number of amides is 1. The first kappa shape index (κ1) is 7.79. The van der Waals surface area contributed by atoms with E-state index in [1.807, 2.05) is 30.3 Å². The van der Waals surface area contributed by atoms with Crippen LogP contribution in [-0.2, 0) is 4.79 Å². The average molecular weight is 147 g/mol. The quantitative estimate of drug-likeness (QED) is 0.626. The second kappa shape index (κ2) is 3.76. The van der Waals surface area contributed by atoms with E-state index in [-0.39, 0.29) is 5.91 Å². The van der Waals surface area contributed by atoms with Gasteiger partial charge in [-0.15, -0.1) is 0 Å². The summed E-state index contributed by atoms with van der Waals surface area (Å²) in [7, 11) is 0. The predicted molar refractivity (Wildman–Crippen MR) is 42.6 cm³/mol. The third kappa shape index (κ3) is 2.85. The molecule has 0 spiro atoms. The SMILES string of the molecule is CC(=O)N[C]c1ccccc1. The molecule has 2 radical (unpaired) electrons. The summed E-state index contributed by atoms with van der Waals surface area (Å²) in [5, 5.41) is 2.47. The summed E-state index contributed by atoms with van der Waals surface area (Å²) in [5.74, 6) is -0.103. The maximum Gasteiger partial charge on any atom is 0.217 e. The van der Waals surface area contributed by atoms with Crippen LogP contribution in [0.2, 0.25) is 0 Å². The summed E-state index contributed by atoms with van der Waals surface area (Å²) in [4.78, 5) is 10.4. The summed E-state index contributed by atoms with van der Waals surface area (Å²) < 4.78 is 0. The lowest BCUT2D eigenvalue weighted by Gasteiger charge is -1.97. The van der Waals surface area contributed by atoms with Crippen molar-refractivity contribution in [1.82, 2.24) is 5.32 Å². The standard InChI is InChI=1S/C9H9NO/c1-8(11)10-7-9-5-3-2-4-6-9/h2-6H,1H3,(H,10,11). The molecule has 2 heteroatoms. The molecule has 0 saturated heterocycles. The fourth-order valence-electron chi connectivity index (χ4n) is 0.682. The van der Waals surface area contributed by atoms with Crippen LogP contribution in [0.15, 0.2) is 30.3 Å². The summed E-state index contributed by atoms with van der Waals surface area (Å²) in [6.07, 6.45) is 0. The smallest absolute Gasteiger partial charge is 0.217 e. The van der Waals surface area contributed by atoms with E-state index < -0.39 is 0 Å². The van der Waals surface area contributed by atoms with Crippen molar-refractivity contribution in [2.24, 2.45) is 0 Å². The zero-order chi connectivity index (χ0) is 8.10. The Morgan fingerprint density at radius 1 is 1.36 bits per heavy atom. The van der Waals surface area contributed by atoms with Crippen molar-refractivity contribution in [2.75, 3.05) is 0 Å². The molecular formula is C9H9NO. The van der Waals surface area contributed by atoms with Gasteiger partial charge in [0.25, 0.3) is 0 Å². The van der Waals surface area contributed by atoms with Gasteiger partial charge in [0.15, 0.2) is 0 Å². The van der Waals surface area contributed by atoms with Gasteiger partial charge in [-0.1, -0.05) is 30.3 Å². The van der Waals surface area contributed by atoms with Crippen LogP contribution in [-0.4, -0.2) is 5.91 Å². The molecule has 0 aromatic heterocycles. The van der Waals surface area contributed by atoms with E-state index in [9.17, 15) is 4.79 Å². The minimum atomic E-state index is -0.103. The first-order chi connectivity index (χ1) is 5.29. The molecule has 1 rings (SSSR count). The molecule has 1 N–H and O–H groups in total. The van der Waals surface area contributed by atoms with Crippen molar-refractivity contribution in [3.05, 3.63) is 42.4 Å². The molecule has 11 heavy (non-hydrogen) atoms. The van der Waals surface area contributed by atoms with Crippen LogP contribution in [0.5, 0.6) is 0 Å². The van der Waals surface area contributed by atoms with E-state index in [1.165, 1.54) is 6.92 Å². The molecule has 0 aliphatic rings. The summed E-state index contributed by atoms with van der Waals surface area (Å²) in [6, 6.07) is 9.44. The Kier molecular flexibility index (Phi) is 2.66. The Morgan fingerprint density at radius 2 is 2.00 bits per heavy atom. The molecule has 0 aliphatic carbocycles. The summed E-state index contributed by atoms with van der Waals surface area (Å²) in [5.41, 5.74) is 0.878. The Balaban J connectivity index is 2.45. The van der Waals surface area contributed by atoms with Crippen LogP contribution in [0.1, 0.15) is 12.5 Å². The highest BCUT2D eigenvalue weighted by Crippen LogP contribution is 1.98. The maximum atomic E-state index is 10.4. The zero-order valence-corrected chi connectivity index (χ0v) is 6.29. The highest BCUT2D eigenvalue weighted by atomic mass is 16.1. The number of carbonyl (C=O) groups is 1. The topological polar surface area (TPSA) is 29.1 Å². The molecule has 0 saturated carbocycles. The van der Waals surface area contributed by atoms with Crippen molar-refractivity contribution >= 4 is 5.91 Å². The van der Waals surface area contributed by atoms with Crippen LogP contribution >= 0.6 is 0 Å². The Labute approximate surface area is 66.2 Å². The lowest BCUT2D eigenvalue weighted by molar-refractivity contribution is -0.118. The van der Waals surface area contributed by atoms with Crippen LogP contribution < -0.4 is 5.32 Å². The molecule has 1 aromatic carbocycles. The largest absolute Gasteiger partial charge is 0.341 e. The Morgan fingerprint density at radius 3 is 2.55 bits per heavy atom. The lowest BCUT2D eigenvalue weighted by atomic mass is 10.2. The van der Waals surface area contributed by atoms with Gasteiger partial charge in [-0.3, -0.25) is 4.79 Å². The lowest BCUT2D eigenvalue weighted by Crippen LogP contribution is -2.16. The van der Waals surface area contributed by atoms with E-state index >= 15 is 0 Å². The highest BCUT2D eigenvalue weighted by molar-refractivity contribution is 5.74. The summed E-state index contributed by atoms with van der Waals surface area (Å²) in [6.45, 7) is 4.20. The fraction of sp³-hybridized carbons (Fsp3) is 0.111. The van der Waals surface area contributed by atoms with Gasteiger partial charge < -0.3 is 5.32 Å². The molecule has 2 nitrogen and oxygen atoms in total. The molecule has 0 heterocycles. The van der Waals surface area contributed by atoms with E-state index in [4.69, 9.17) is 0 Å². The van der Waals surface area contributed by atoms with Crippen molar-refractivity contribution in [2.45, 2.75) is 6.92 Å². The number of benzene rings is 1. The van der Waals surface area contributed by atoms with Crippen molar-refractivity contribution < 1.29 is 4.79 Å². The minimum Gasteiger partial charge on any atom is -0.341 e. The number of hydrogen-bond acceptors (Lipinski definition) is 1. The zero-order valence-electron chi connectivity index (χ0n) is 6.29. The molecule has 0 unspecified atom stereocenters. The number of carbonyl (C=O) groups excluding carboxylic acids is 1. The van der Waals surface area contributed by atoms with Gasteiger partial charge in [0, 0.05) is 6.92 Å². The highest BCUT2D eigenvalue weighted by Gasteiger charge is 1.93. The monoisotopic (exact) mass is 147 g/mol. The minimum absolute atomic E-state index is 0.103. The molecule has 1 aromatic rings. The van der Waals surface area contributed by atoms with Crippen molar-refractivity contribution in [3.8, 4) is 0 Å². The molecule has 0 bridgehead atoms. The van der Waals surface area contributed by atoms with Gasteiger partial charge in [-0.05, 0) is 5.56 Å². The van der Waals surface area contributed by atoms with Crippen LogP contribution in [0, 0.1) is 6.54 Å². The average Bonchev–Trinajstić information content (AvgIpc) is 2.03. The van der Waals surface area contributed by atoms with Gasteiger partial charge >= 0.3 is 0 Å². The Hall–Kier alpha value is -1.31. The van der Waals surface area contributed by atoms with Gasteiger partial charge in [0.2, 0.25) is 5.91 Å². The Bertz CT molecular complexity index is 231. The van der Waals surface area contributed by atoms with Gasteiger partial charge in [-0.2, -0.15) is 0 Å². The van der Waals surface area contributed by atoms with Gasteiger partial charge in [0.05, 0.1) is 0 Å². The molecular weight excluding hydrogens is 138 g/mol. The van der Waals surface area contributed by atoms with Crippen LogP contribution in [0.4, 0.5) is 0 Å². The van der Waals surface area contributed by atoms with Gasteiger partial charge in [-0.25, -0.2) is 0 Å². The third-order valence-electron chi connectivity index (χ3n) is 1.16. The second-order valence-electron chi connectivity index (χ2n) is 2.17. The number of nitrogens with one attached hydrogen (secondary N) is 1. The predicted octanol–water partition coefficient (Wildman–Crippen LogP) is 1.21. The normalized spacial score (nSPS) is 9.18. The summed E-state index contributed by atoms with van der Waals surface area (Å²) >= 11 is 0. The van der Waals surface area contributed by atoms with E-state index in [2.05, 4.69) is 11.9 Å². The fourth-order valence-corrected chi connectivity index (χ4v) is 0.682. The molecule has 0 aliphatic heterocycles. The maximum absolute atomic E-state index is 10.4. The second-order valence-corrected chi connectivity index (χ2v) is 2.17. The first-order valence-corrected chi connectivity index (χ1v) is 3.36. The first-order valence-electron chi connectivity index (χ1n) is 3.36. The van der Waals surface area contributed by atoms with Gasteiger partial charge in [0.1, 0.15) is 6.54 Å². The molecule has 0 atom stereocenters. The van der Waals surface area contributed by atoms with E-state index in [0.29, 0.717) is 0 Å². The molecule has 0 fully saturated rings. The van der Waals surface area contributed by atoms with Crippen LogP contribution in [0.3, 0.4) is 0 Å². The molecule has 56 valence electrons.